The van der Waals surface area contributed by atoms with Gasteiger partial charge in [-0.2, -0.15) is 8.42 Å². The number of ether oxygens (including phenoxy) is 1. The summed E-state index contributed by atoms with van der Waals surface area (Å²) in [7, 11) is -3.68. The Bertz CT molecular complexity index is 636. The lowest BCUT2D eigenvalue weighted by Crippen LogP contribution is -2.36. The van der Waals surface area contributed by atoms with Crippen molar-refractivity contribution in [2.24, 2.45) is 0 Å². The largest absolute Gasteiger partial charge is 0.444 e. The average molecular weight is 341 g/mol. The third kappa shape index (κ3) is 5.84. The third-order valence-corrected chi connectivity index (χ3v) is 4.52. The summed E-state index contributed by atoms with van der Waals surface area (Å²) in [5.41, 5.74) is 0.101. The maximum atomic E-state index is 12.1. The van der Waals surface area contributed by atoms with Crippen LogP contribution in [0, 0.1) is 0 Å². The molecule has 23 heavy (non-hydrogen) atoms. The maximum absolute atomic E-state index is 12.1. The van der Waals surface area contributed by atoms with Crippen molar-refractivity contribution in [1.29, 1.82) is 0 Å². The van der Waals surface area contributed by atoms with Gasteiger partial charge in [-0.05, 0) is 32.8 Å². The smallest absolute Gasteiger partial charge is 0.410 e. The molecule has 0 bridgehead atoms. The van der Waals surface area contributed by atoms with E-state index in [1.165, 1.54) is 4.90 Å². The first-order valence-corrected chi connectivity index (χ1v) is 9.15. The molecule has 1 amide bonds. The SMILES string of the molecule is CC(C)(C)OC(=O)N1CC[C@@H](OS(=O)(=O)Cc2ccccc2)C1. The van der Waals surface area contributed by atoms with Gasteiger partial charge in [-0.15, -0.1) is 0 Å². The zero-order chi connectivity index (χ0) is 17.1. The molecule has 2 rings (SSSR count). The molecule has 1 fully saturated rings. The highest BCUT2D eigenvalue weighted by atomic mass is 32.2. The Hall–Kier alpha value is -1.60. The van der Waals surface area contributed by atoms with Gasteiger partial charge in [-0.3, -0.25) is 4.18 Å². The van der Waals surface area contributed by atoms with E-state index in [0.717, 1.165) is 0 Å². The number of carbonyl (C=O) groups excluding carboxylic acids is 1. The molecular weight excluding hydrogens is 318 g/mol. The molecule has 0 saturated carbocycles. The van der Waals surface area contributed by atoms with Crippen molar-refractivity contribution in [2.75, 3.05) is 13.1 Å². The Labute approximate surface area is 137 Å². The van der Waals surface area contributed by atoms with Crippen LogP contribution in [0.3, 0.4) is 0 Å². The number of hydrogen-bond acceptors (Lipinski definition) is 5. The van der Waals surface area contributed by atoms with E-state index in [9.17, 15) is 13.2 Å². The lowest BCUT2D eigenvalue weighted by Gasteiger charge is -2.24. The normalized spacial score (nSPS) is 18.9. The predicted octanol–water partition coefficient (Wildman–Crippen LogP) is 2.54. The topological polar surface area (TPSA) is 72.9 Å². The van der Waals surface area contributed by atoms with Crippen molar-refractivity contribution >= 4 is 16.2 Å². The minimum absolute atomic E-state index is 0.170. The maximum Gasteiger partial charge on any atom is 0.410 e. The van der Waals surface area contributed by atoms with Crippen LogP contribution in [0.4, 0.5) is 4.79 Å². The molecule has 7 heteroatoms. The molecule has 1 aliphatic rings. The summed E-state index contributed by atoms with van der Waals surface area (Å²) < 4.78 is 34.7. The van der Waals surface area contributed by atoms with E-state index in [0.29, 0.717) is 18.5 Å². The van der Waals surface area contributed by atoms with Crippen LogP contribution < -0.4 is 0 Å². The van der Waals surface area contributed by atoms with Crippen LogP contribution in [0.1, 0.15) is 32.8 Å². The molecule has 0 aliphatic carbocycles. The summed E-state index contributed by atoms with van der Waals surface area (Å²) in [4.78, 5) is 13.4. The Morgan fingerprint density at radius 3 is 2.52 bits per heavy atom. The molecule has 0 N–H and O–H groups in total. The summed E-state index contributed by atoms with van der Waals surface area (Å²) in [6, 6.07) is 8.87. The first kappa shape index (κ1) is 17.7. The second-order valence-corrected chi connectivity index (χ2v) is 8.22. The molecule has 1 saturated heterocycles. The fraction of sp³-hybridized carbons (Fsp3) is 0.562. The number of nitrogens with zero attached hydrogens (tertiary/aromatic N) is 1. The van der Waals surface area contributed by atoms with Crippen LogP contribution in [0.25, 0.3) is 0 Å². The van der Waals surface area contributed by atoms with Crippen LogP contribution >= 0.6 is 0 Å². The number of rotatable bonds is 4. The first-order chi connectivity index (χ1) is 10.6. The minimum Gasteiger partial charge on any atom is -0.444 e. The van der Waals surface area contributed by atoms with Gasteiger partial charge in [0.05, 0.1) is 12.6 Å². The van der Waals surface area contributed by atoms with Crippen molar-refractivity contribution in [1.82, 2.24) is 4.90 Å². The standard InChI is InChI=1S/C16H23NO5S/c1-16(2,3)21-15(18)17-10-9-14(11-17)22-23(19,20)12-13-7-5-4-6-8-13/h4-8,14H,9-12H2,1-3H3/t14-/m1/s1. The highest BCUT2D eigenvalue weighted by molar-refractivity contribution is 7.85. The molecule has 0 spiro atoms. The number of hydrogen-bond donors (Lipinski definition) is 0. The van der Waals surface area contributed by atoms with E-state index in [-0.39, 0.29) is 12.3 Å². The summed E-state index contributed by atoms with van der Waals surface area (Å²) in [5, 5.41) is 0. The number of benzene rings is 1. The number of likely N-dealkylation sites (tertiary alicyclic amines) is 1. The molecule has 0 unspecified atom stereocenters. The van der Waals surface area contributed by atoms with Crippen LogP contribution in [-0.4, -0.2) is 44.2 Å². The molecule has 6 nitrogen and oxygen atoms in total. The van der Waals surface area contributed by atoms with Gasteiger partial charge in [-0.1, -0.05) is 30.3 Å². The van der Waals surface area contributed by atoms with E-state index < -0.39 is 27.9 Å². The summed E-state index contributed by atoms with van der Waals surface area (Å²) >= 11 is 0. The molecule has 1 aliphatic heterocycles. The van der Waals surface area contributed by atoms with E-state index >= 15 is 0 Å². The van der Waals surface area contributed by atoms with E-state index in [1.807, 2.05) is 6.07 Å². The lowest BCUT2D eigenvalue weighted by molar-refractivity contribution is 0.0276. The monoisotopic (exact) mass is 341 g/mol. The zero-order valence-electron chi connectivity index (χ0n) is 13.7. The number of amides is 1. The molecule has 1 aromatic carbocycles. The average Bonchev–Trinajstić information content (AvgIpc) is 2.85. The van der Waals surface area contributed by atoms with Gasteiger partial charge in [-0.25, -0.2) is 4.79 Å². The molecular formula is C16H23NO5S. The Morgan fingerprint density at radius 2 is 1.91 bits per heavy atom. The molecule has 1 heterocycles. The Balaban J connectivity index is 1.88. The third-order valence-electron chi connectivity index (χ3n) is 3.27. The van der Waals surface area contributed by atoms with Crippen LogP contribution in [-0.2, 0) is 24.8 Å². The van der Waals surface area contributed by atoms with E-state index in [1.54, 1.807) is 45.0 Å². The van der Waals surface area contributed by atoms with Gasteiger partial charge in [0.25, 0.3) is 10.1 Å². The quantitative estimate of drug-likeness (QED) is 0.787. The molecule has 1 atom stereocenters. The fourth-order valence-electron chi connectivity index (χ4n) is 2.32. The van der Waals surface area contributed by atoms with Crippen molar-refractivity contribution in [3.05, 3.63) is 35.9 Å². The van der Waals surface area contributed by atoms with Crippen molar-refractivity contribution in [3.63, 3.8) is 0 Å². The fourth-order valence-corrected chi connectivity index (χ4v) is 3.56. The van der Waals surface area contributed by atoms with Crippen molar-refractivity contribution < 1.29 is 22.1 Å². The van der Waals surface area contributed by atoms with Gasteiger partial charge in [0.1, 0.15) is 11.4 Å². The zero-order valence-corrected chi connectivity index (χ0v) is 14.5. The van der Waals surface area contributed by atoms with Gasteiger partial charge in [0, 0.05) is 6.54 Å². The van der Waals surface area contributed by atoms with E-state index in [4.69, 9.17) is 8.92 Å². The minimum atomic E-state index is -3.68. The summed E-state index contributed by atoms with van der Waals surface area (Å²) in [5.74, 6) is -0.170. The molecule has 0 radical (unpaired) electrons. The number of carbonyl (C=O) groups is 1. The highest BCUT2D eigenvalue weighted by Gasteiger charge is 2.32. The molecule has 128 valence electrons. The summed E-state index contributed by atoms with van der Waals surface area (Å²) in [6.07, 6.45) is -0.479. The van der Waals surface area contributed by atoms with Gasteiger partial charge >= 0.3 is 6.09 Å². The van der Waals surface area contributed by atoms with Crippen LogP contribution in [0.2, 0.25) is 0 Å². The Morgan fingerprint density at radius 1 is 1.26 bits per heavy atom. The highest BCUT2D eigenvalue weighted by Crippen LogP contribution is 2.20. The molecule has 0 aromatic heterocycles. The molecule has 1 aromatic rings. The van der Waals surface area contributed by atoms with Crippen LogP contribution in [0.15, 0.2) is 30.3 Å². The van der Waals surface area contributed by atoms with Crippen molar-refractivity contribution in [2.45, 2.75) is 44.6 Å². The summed E-state index contributed by atoms with van der Waals surface area (Å²) in [6.45, 7) is 6.03. The van der Waals surface area contributed by atoms with Crippen molar-refractivity contribution in [3.8, 4) is 0 Å². The first-order valence-electron chi connectivity index (χ1n) is 7.57. The van der Waals surface area contributed by atoms with Gasteiger partial charge in [0.2, 0.25) is 0 Å². The second-order valence-electron chi connectivity index (χ2n) is 6.62. The van der Waals surface area contributed by atoms with Gasteiger partial charge < -0.3 is 9.64 Å². The Kier molecular flexibility index (Phi) is 5.31. The van der Waals surface area contributed by atoms with Gasteiger partial charge in [0.15, 0.2) is 0 Å². The second kappa shape index (κ2) is 6.88. The van der Waals surface area contributed by atoms with Crippen LogP contribution in [0.5, 0.6) is 0 Å². The van der Waals surface area contributed by atoms with E-state index in [2.05, 4.69) is 0 Å². The lowest BCUT2D eigenvalue weighted by atomic mass is 10.2. The predicted molar refractivity (Wildman–Crippen MR) is 86.4 cm³/mol.